The van der Waals surface area contributed by atoms with Crippen LogP contribution in [0.4, 0.5) is 4.39 Å². The zero-order valence-electron chi connectivity index (χ0n) is 7.25. The number of aliphatic hydroxyl groups excluding tert-OH is 1. The van der Waals surface area contributed by atoms with Crippen molar-refractivity contribution in [2.45, 2.75) is 19.0 Å². The van der Waals surface area contributed by atoms with E-state index in [4.69, 9.17) is 5.11 Å². The summed E-state index contributed by atoms with van der Waals surface area (Å²) in [6, 6.07) is 0. The van der Waals surface area contributed by atoms with Crippen molar-refractivity contribution in [1.29, 1.82) is 0 Å². The first-order chi connectivity index (χ1) is 5.81. The zero-order chi connectivity index (χ0) is 8.55. The van der Waals surface area contributed by atoms with Gasteiger partial charge >= 0.3 is 0 Å². The zero-order valence-corrected chi connectivity index (χ0v) is 7.25. The molecule has 3 heteroatoms. The van der Waals surface area contributed by atoms with Crippen LogP contribution in [0.15, 0.2) is 0 Å². The molecule has 0 aromatic heterocycles. The number of rotatable bonds is 2. The third-order valence-corrected chi connectivity index (χ3v) is 3.26. The van der Waals surface area contributed by atoms with Crippen LogP contribution in [0.25, 0.3) is 0 Å². The summed E-state index contributed by atoms with van der Waals surface area (Å²) < 4.78 is 13.2. The van der Waals surface area contributed by atoms with Gasteiger partial charge in [-0.05, 0) is 18.8 Å². The lowest BCUT2D eigenvalue weighted by atomic mass is 10.0. The first-order valence-electron chi connectivity index (χ1n) is 4.78. The van der Waals surface area contributed by atoms with E-state index >= 15 is 0 Å². The number of fused-ring (bicyclic) bond motifs is 1. The number of nitrogens with zero attached hydrogens (tertiary/aromatic N) is 1. The van der Waals surface area contributed by atoms with E-state index < -0.39 is 6.17 Å². The van der Waals surface area contributed by atoms with Gasteiger partial charge in [-0.1, -0.05) is 0 Å². The van der Waals surface area contributed by atoms with Gasteiger partial charge in [-0.25, -0.2) is 4.39 Å². The monoisotopic (exact) mass is 173 g/mol. The van der Waals surface area contributed by atoms with Crippen molar-refractivity contribution in [3.8, 4) is 0 Å². The molecule has 0 aromatic rings. The number of hydrogen-bond acceptors (Lipinski definition) is 2. The van der Waals surface area contributed by atoms with Crippen molar-refractivity contribution in [3.63, 3.8) is 0 Å². The molecule has 0 spiro atoms. The molecule has 2 aliphatic rings. The fourth-order valence-corrected chi connectivity index (χ4v) is 2.62. The molecule has 0 amide bonds. The Morgan fingerprint density at radius 1 is 1.33 bits per heavy atom. The largest absolute Gasteiger partial charge is 0.395 e. The lowest BCUT2D eigenvalue weighted by molar-refractivity contribution is 0.196. The Morgan fingerprint density at radius 2 is 2.17 bits per heavy atom. The normalized spacial score (nSPS) is 42.0. The Balaban J connectivity index is 1.90. The van der Waals surface area contributed by atoms with Crippen molar-refractivity contribution in [1.82, 2.24) is 4.90 Å². The summed E-state index contributed by atoms with van der Waals surface area (Å²) in [5.74, 6) is 0.850. The van der Waals surface area contributed by atoms with Gasteiger partial charge < -0.3 is 10.0 Å². The highest BCUT2D eigenvalue weighted by atomic mass is 19.1. The summed E-state index contributed by atoms with van der Waals surface area (Å²) in [4.78, 5) is 2.18. The van der Waals surface area contributed by atoms with Gasteiger partial charge in [0, 0.05) is 25.6 Å². The van der Waals surface area contributed by atoms with Gasteiger partial charge in [0.05, 0.1) is 6.61 Å². The molecular formula is C9H16FNO. The van der Waals surface area contributed by atoms with Gasteiger partial charge in [-0.2, -0.15) is 0 Å². The fourth-order valence-electron chi connectivity index (χ4n) is 2.62. The average Bonchev–Trinajstić information content (AvgIpc) is 2.55. The quantitative estimate of drug-likeness (QED) is 0.663. The third kappa shape index (κ3) is 1.36. The van der Waals surface area contributed by atoms with Crippen LogP contribution in [0.1, 0.15) is 12.8 Å². The van der Waals surface area contributed by atoms with E-state index in [0.29, 0.717) is 5.92 Å². The van der Waals surface area contributed by atoms with Crippen LogP contribution in [0.5, 0.6) is 0 Å². The predicted molar refractivity (Wildman–Crippen MR) is 44.6 cm³/mol. The molecule has 2 nitrogen and oxygen atoms in total. The molecular weight excluding hydrogens is 157 g/mol. The highest BCUT2D eigenvalue weighted by molar-refractivity contribution is 4.93. The maximum Gasteiger partial charge on any atom is 0.104 e. The first-order valence-corrected chi connectivity index (χ1v) is 4.78. The van der Waals surface area contributed by atoms with Crippen molar-refractivity contribution >= 4 is 0 Å². The fraction of sp³-hybridized carbons (Fsp3) is 1.00. The second-order valence-corrected chi connectivity index (χ2v) is 4.00. The van der Waals surface area contributed by atoms with Crippen LogP contribution in [-0.4, -0.2) is 42.4 Å². The van der Waals surface area contributed by atoms with Crippen LogP contribution >= 0.6 is 0 Å². The second kappa shape index (κ2) is 3.30. The minimum atomic E-state index is -0.571. The molecule has 1 saturated carbocycles. The molecule has 0 aromatic carbocycles. The van der Waals surface area contributed by atoms with E-state index in [2.05, 4.69) is 4.90 Å². The van der Waals surface area contributed by atoms with Crippen molar-refractivity contribution < 1.29 is 9.50 Å². The van der Waals surface area contributed by atoms with Crippen LogP contribution in [0.3, 0.4) is 0 Å². The summed E-state index contributed by atoms with van der Waals surface area (Å²) in [6.45, 7) is 2.80. The van der Waals surface area contributed by atoms with Crippen LogP contribution in [0.2, 0.25) is 0 Å². The third-order valence-electron chi connectivity index (χ3n) is 3.26. The van der Waals surface area contributed by atoms with Gasteiger partial charge in [-0.3, -0.25) is 0 Å². The van der Waals surface area contributed by atoms with Gasteiger partial charge in [0.25, 0.3) is 0 Å². The maximum absolute atomic E-state index is 13.2. The van der Waals surface area contributed by atoms with E-state index in [1.54, 1.807) is 0 Å². The van der Waals surface area contributed by atoms with E-state index in [1.165, 1.54) is 0 Å². The summed E-state index contributed by atoms with van der Waals surface area (Å²) in [5.41, 5.74) is 0. The number of likely N-dealkylation sites (tertiary alicyclic amines) is 1. The molecule has 3 unspecified atom stereocenters. The topological polar surface area (TPSA) is 23.5 Å². The minimum absolute atomic E-state index is 0.205. The first kappa shape index (κ1) is 8.45. The molecule has 1 aliphatic heterocycles. The second-order valence-electron chi connectivity index (χ2n) is 4.00. The molecule has 1 aliphatic carbocycles. The van der Waals surface area contributed by atoms with E-state index in [1.807, 2.05) is 0 Å². The van der Waals surface area contributed by atoms with Crippen LogP contribution < -0.4 is 0 Å². The van der Waals surface area contributed by atoms with Crippen molar-refractivity contribution in [2.24, 2.45) is 11.8 Å². The summed E-state index contributed by atoms with van der Waals surface area (Å²) in [7, 11) is 0. The lowest BCUT2D eigenvalue weighted by Gasteiger charge is -2.15. The Labute approximate surface area is 72.4 Å². The number of β-amino-alcohol motifs (C(OH)–C–C–N with tert-alkyl or cyclic N) is 1. The molecule has 1 saturated heterocycles. The van der Waals surface area contributed by atoms with E-state index in [9.17, 15) is 4.39 Å². The smallest absolute Gasteiger partial charge is 0.104 e. The van der Waals surface area contributed by atoms with Gasteiger partial charge in [-0.15, -0.1) is 0 Å². The Kier molecular flexibility index (Phi) is 2.33. The maximum atomic E-state index is 13.2. The highest BCUT2D eigenvalue weighted by Crippen LogP contribution is 2.39. The van der Waals surface area contributed by atoms with Gasteiger partial charge in [0.2, 0.25) is 0 Å². The van der Waals surface area contributed by atoms with Crippen LogP contribution in [-0.2, 0) is 0 Å². The van der Waals surface area contributed by atoms with E-state index in [-0.39, 0.29) is 12.5 Å². The molecule has 12 heavy (non-hydrogen) atoms. The number of hydrogen-bond donors (Lipinski definition) is 1. The molecule has 0 bridgehead atoms. The molecule has 0 radical (unpaired) electrons. The number of halogens is 1. The number of alkyl halides is 1. The molecule has 1 heterocycles. The van der Waals surface area contributed by atoms with Crippen molar-refractivity contribution in [3.05, 3.63) is 0 Å². The Morgan fingerprint density at radius 3 is 2.83 bits per heavy atom. The Bertz CT molecular complexity index is 165. The highest BCUT2D eigenvalue weighted by Gasteiger charge is 2.42. The molecule has 2 rings (SSSR count). The molecule has 3 atom stereocenters. The summed E-state index contributed by atoms with van der Waals surface area (Å²) >= 11 is 0. The average molecular weight is 173 g/mol. The predicted octanol–water partition coefficient (Wildman–Crippen LogP) is 0.659. The van der Waals surface area contributed by atoms with Gasteiger partial charge in [0.15, 0.2) is 0 Å². The summed E-state index contributed by atoms with van der Waals surface area (Å²) in [6.07, 6.45) is 1.24. The van der Waals surface area contributed by atoms with Crippen molar-refractivity contribution in [2.75, 3.05) is 26.2 Å². The molecule has 1 N–H and O–H groups in total. The number of aliphatic hydroxyl groups is 1. The molecule has 2 fully saturated rings. The van der Waals surface area contributed by atoms with Crippen LogP contribution in [0, 0.1) is 11.8 Å². The standard InChI is InChI=1S/C9H16FNO/c10-9-2-1-7-5-11(3-4-12)6-8(7)9/h7-9,12H,1-6H2. The molecule has 70 valence electrons. The van der Waals surface area contributed by atoms with E-state index in [0.717, 1.165) is 32.5 Å². The summed E-state index contributed by atoms with van der Waals surface area (Å²) in [5, 5.41) is 8.72. The SMILES string of the molecule is OCCN1CC2CCC(F)C2C1. The lowest BCUT2D eigenvalue weighted by Crippen LogP contribution is -2.26. The van der Waals surface area contributed by atoms with Gasteiger partial charge in [0.1, 0.15) is 6.17 Å². The Hall–Kier alpha value is -0.150. The minimum Gasteiger partial charge on any atom is -0.395 e.